The van der Waals surface area contributed by atoms with E-state index >= 15 is 0 Å². The van der Waals surface area contributed by atoms with Crippen LogP contribution in [0.4, 0.5) is 13.2 Å². The standard InChI is InChI=1S/C29H31F3N2O.3H2O/c1-35-26-13-6-5-10-23(26)19-33-28(20-34-16-14-24(28)15-17-34)27(21-8-3-2-4-9-21)22-11-7-12-25(18-22)29(30,31)32;;;/h2-13,18,24,27,33H,14-17,19-20H2,1H3;3*1H2. The summed E-state index contributed by atoms with van der Waals surface area (Å²) in [6.07, 6.45) is -2.33. The summed E-state index contributed by atoms with van der Waals surface area (Å²) in [7, 11) is 1.66. The second-order valence-electron chi connectivity index (χ2n) is 9.72. The Labute approximate surface area is 221 Å². The highest BCUT2D eigenvalue weighted by atomic mass is 19.4. The van der Waals surface area contributed by atoms with Crippen molar-refractivity contribution in [2.75, 3.05) is 26.7 Å². The van der Waals surface area contributed by atoms with Crippen LogP contribution in [0.2, 0.25) is 0 Å². The summed E-state index contributed by atoms with van der Waals surface area (Å²) in [5, 5.41) is 3.91. The van der Waals surface area contributed by atoms with Crippen LogP contribution < -0.4 is 10.1 Å². The maximum atomic E-state index is 13.7. The van der Waals surface area contributed by atoms with Crippen LogP contribution >= 0.6 is 0 Å². The fourth-order valence-corrected chi connectivity index (χ4v) is 6.17. The molecular formula is C29H37F3N2O4. The average molecular weight is 535 g/mol. The van der Waals surface area contributed by atoms with Gasteiger partial charge in [0.1, 0.15) is 5.75 Å². The van der Waals surface area contributed by atoms with Gasteiger partial charge < -0.3 is 31.4 Å². The van der Waals surface area contributed by atoms with Crippen LogP contribution in [-0.4, -0.2) is 53.6 Å². The van der Waals surface area contributed by atoms with E-state index in [1.54, 1.807) is 13.2 Å². The number of nitrogens with one attached hydrogen (secondary N) is 1. The highest BCUT2D eigenvalue weighted by Crippen LogP contribution is 2.48. The van der Waals surface area contributed by atoms with Gasteiger partial charge in [0.25, 0.3) is 0 Å². The van der Waals surface area contributed by atoms with Crippen molar-refractivity contribution in [1.82, 2.24) is 10.2 Å². The van der Waals surface area contributed by atoms with Gasteiger partial charge >= 0.3 is 6.18 Å². The lowest BCUT2D eigenvalue weighted by atomic mass is 9.62. The zero-order valence-electron chi connectivity index (χ0n) is 21.4. The Morgan fingerprint density at radius 2 is 1.53 bits per heavy atom. The summed E-state index contributed by atoms with van der Waals surface area (Å²) >= 11 is 0. The molecule has 2 unspecified atom stereocenters. The molecule has 3 heterocycles. The molecule has 3 aromatic rings. The van der Waals surface area contributed by atoms with Gasteiger partial charge in [0.05, 0.1) is 12.7 Å². The van der Waals surface area contributed by atoms with Gasteiger partial charge in [-0.05, 0) is 55.1 Å². The van der Waals surface area contributed by atoms with Crippen molar-refractivity contribution in [3.63, 3.8) is 0 Å². The lowest BCUT2D eigenvalue weighted by Gasteiger charge is -2.57. The minimum absolute atomic E-state index is 0. The number of piperidine rings is 3. The predicted octanol–water partition coefficient (Wildman–Crippen LogP) is 3.63. The van der Waals surface area contributed by atoms with Gasteiger partial charge in [-0.1, -0.05) is 66.7 Å². The number of benzene rings is 3. The maximum Gasteiger partial charge on any atom is 0.416 e. The van der Waals surface area contributed by atoms with Crippen molar-refractivity contribution in [2.45, 2.75) is 37.0 Å². The number of fused-ring (bicyclic) bond motifs is 3. The van der Waals surface area contributed by atoms with E-state index in [0.717, 1.165) is 55.4 Å². The van der Waals surface area contributed by atoms with Gasteiger partial charge in [0.15, 0.2) is 0 Å². The molecule has 3 saturated heterocycles. The topological polar surface area (TPSA) is 119 Å². The zero-order chi connectivity index (χ0) is 24.5. The molecule has 3 aliphatic heterocycles. The van der Waals surface area contributed by atoms with E-state index in [2.05, 4.69) is 22.3 Å². The van der Waals surface area contributed by atoms with Gasteiger partial charge in [-0.25, -0.2) is 0 Å². The highest BCUT2D eigenvalue weighted by Gasteiger charge is 2.52. The van der Waals surface area contributed by atoms with E-state index in [1.807, 2.05) is 48.5 Å². The van der Waals surface area contributed by atoms with Crippen molar-refractivity contribution in [1.29, 1.82) is 0 Å². The third kappa shape index (κ3) is 6.03. The van der Waals surface area contributed by atoms with Gasteiger partial charge in [-0.2, -0.15) is 13.2 Å². The lowest BCUT2D eigenvalue weighted by molar-refractivity contribution is -0.137. The Hall–Kier alpha value is -2.95. The molecule has 3 aromatic carbocycles. The second kappa shape index (κ2) is 12.7. The van der Waals surface area contributed by atoms with Crippen molar-refractivity contribution >= 4 is 0 Å². The van der Waals surface area contributed by atoms with Crippen LogP contribution in [-0.2, 0) is 12.7 Å². The van der Waals surface area contributed by atoms with Crippen LogP contribution in [0.15, 0.2) is 78.9 Å². The van der Waals surface area contributed by atoms with Crippen molar-refractivity contribution in [3.05, 3.63) is 101 Å². The molecule has 7 N–H and O–H groups in total. The summed E-state index contributed by atoms with van der Waals surface area (Å²) in [6.45, 7) is 3.44. The smallest absolute Gasteiger partial charge is 0.416 e. The quantitative estimate of drug-likeness (QED) is 0.499. The first-order chi connectivity index (χ1) is 16.9. The molecule has 0 amide bonds. The van der Waals surface area contributed by atoms with Crippen LogP contribution in [0.3, 0.4) is 0 Å². The molecule has 0 radical (unpaired) electrons. The molecule has 0 spiro atoms. The van der Waals surface area contributed by atoms with Crippen LogP contribution in [0.5, 0.6) is 5.75 Å². The summed E-state index contributed by atoms with van der Waals surface area (Å²) < 4.78 is 46.8. The number of halogens is 3. The van der Waals surface area contributed by atoms with Crippen LogP contribution in [0.25, 0.3) is 0 Å². The Morgan fingerprint density at radius 3 is 2.13 bits per heavy atom. The van der Waals surface area contributed by atoms with Gasteiger partial charge in [-0.15, -0.1) is 0 Å². The first-order valence-corrected chi connectivity index (χ1v) is 12.2. The monoisotopic (exact) mass is 534 g/mol. The van der Waals surface area contributed by atoms with Gasteiger partial charge in [0.2, 0.25) is 0 Å². The van der Waals surface area contributed by atoms with Crippen molar-refractivity contribution in [3.8, 4) is 5.75 Å². The fraction of sp³-hybridized carbons (Fsp3) is 0.379. The number of ether oxygens (including phenoxy) is 1. The fourth-order valence-electron chi connectivity index (χ4n) is 6.17. The predicted molar refractivity (Wildman–Crippen MR) is 142 cm³/mol. The van der Waals surface area contributed by atoms with E-state index in [4.69, 9.17) is 4.74 Å². The molecule has 0 aromatic heterocycles. The van der Waals surface area contributed by atoms with Gasteiger partial charge in [-0.3, -0.25) is 0 Å². The molecule has 3 fully saturated rings. The number of rotatable bonds is 7. The Kier molecular flexibility index (Phi) is 10.5. The maximum absolute atomic E-state index is 13.7. The molecule has 3 aliphatic rings. The normalized spacial score (nSPS) is 22.8. The molecule has 6 rings (SSSR count). The summed E-state index contributed by atoms with van der Waals surface area (Å²) in [6, 6.07) is 23.9. The Balaban J connectivity index is 0.00000169. The van der Waals surface area contributed by atoms with E-state index in [-0.39, 0.29) is 22.3 Å². The molecule has 208 valence electrons. The number of para-hydroxylation sites is 1. The van der Waals surface area contributed by atoms with E-state index in [9.17, 15) is 13.2 Å². The summed E-state index contributed by atoms with van der Waals surface area (Å²) in [5.41, 5.74) is 1.77. The average Bonchev–Trinajstić information content (AvgIpc) is 2.89. The number of hydrogen-bond acceptors (Lipinski definition) is 3. The summed E-state index contributed by atoms with van der Waals surface area (Å²) in [5.74, 6) is 0.933. The third-order valence-corrected chi connectivity index (χ3v) is 7.80. The number of hydrogen-bond donors (Lipinski definition) is 1. The van der Waals surface area contributed by atoms with E-state index < -0.39 is 17.3 Å². The minimum atomic E-state index is -4.38. The minimum Gasteiger partial charge on any atom is -0.496 e. The SMILES string of the molecule is COc1ccccc1CNC1(C(c2ccccc2)c2cccc(C(F)(F)F)c2)CN2CCC1CC2.O.O.O. The highest BCUT2D eigenvalue weighted by molar-refractivity contribution is 5.42. The first kappa shape index (κ1) is 31.3. The van der Waals surface area contributed by atoms with Crippen LogP contribution in [0.1, 0.15) is 41.0 Å². The number of methoxy groups -OCH3 is 1. The van der Waals surface area contributed by atoms with E-state index in [0.29, 0.717) is 18.0 Å². The molecular weight excluding hydrogens is 497 g/mol. The number of alkyl halides is 3. The third-order valence-electron chi connectivity index (χ3n) is 7.80. The Morgan fingerprint density at radius 1 is 0.895 bits per heavy atom. The lowest BCUT2D eigenvalue weighted by Crippen LogP contribution is -2.68. The zero-order valence-corrected chi connectivity index (χ0v) is 21.4. The largest absolute Gasteiger partial charge is 0.496 e. The number of nitrogens with zero attached hydrogens (tertiary/aromatic N) is 1. The molecule has 0 aliphatic carbocycles. The van der Waals surface area contributed by atoms with Crippen LogP contribution in [0, 0.1) is 5.92 Å². The molecule has 6 nitrogen and oxygen atoms in total. The Bertz CT molecular complexity index is 1150. The summed E-state index contributed by atoms with van der Waals surface area (Å²) in [4.78, 5) is 2.46. The second-order valence-corrected chi connectivity index (χ2v) is 9.72. The molecule has 2 bridgehead atoms. The van der Waals surface area contributed by atoms with Crippen molar-refractivity contribution < 1.29 is 34.3 Å². The molecule has 0 saturated carbocycles. The molecule has 9 heteroatoms. The van der Waals surface area contributed by atoms with E-state index in [1.165, 1.54) is 6.07 Å². The van der Waals surface area contributed by atoms with Crippen molar-refractivity contribution in [2.24, 2.45) is 5.92 Å². The first-order valence-electron chi connectivity index (χ1n) is 12.2. The molecule has 2 atom stereocenters. The van der Waals surface area contributed by atoms with Gasteiger partial charge in [0, 0.05) is 30.1 Å². The molecule has 38 heavy (non-hydrogen) atoms.